The second kappa shape index (κ2) is 4.55. The lowest BCUT2D eigenvalue weighted by molar-refractivity contribution is 0.203. The van der Waals surface area contributed by atoms with E-state index in [2.05, 4.69) is 0 Å². The lowest BCUT2D eigenvalue weighted by Gasteiger charge is -2.17. The van der Waals surface area contributed by atoms with Crippen molar-refractivity contribution in [2.24, 2.45) is 5.41 Å². The predicted octanol–water partition coefficient (Wildman–Crippen LogP) is 2.75. The molecule has 0 aliphatic carbocycles. The fourth-order valence-electron chi connectivity index (χ4n) is 0.968. The van der Waals surface area contributed by atoms with E-state index < -0.39 is 22.1 Å². The van der Waals surface area contributed by atoms with Gasteiger partial charge in [0.25, 0.3) is 10.1 Å². The summed E-state index contributed by atoms with van der Waals surface area (Å²) in [6.07, 6.45) is 0. The number of hydrogen-bond acceptors (Lipinski definition) is 3. The highest BCUT2D eigenvalue weighted by atomic mass is 32.2. The van der Waals surface area contributed by atoms with Crippen molar-refractivity contribution in [2.75, 3.05) is 6.58 Å². The Balaban J connectivity index is 2.94. The fourth-order valence-corrected chi connectivity index (χ4v) is 1.96. The third-order valence-corrected chi connectivity index (χ3v) is 3.04. The normalized spacial score (nSPS) is 15.6. The van der Waals surface area contributed by atoms with Crippen LogP contribution in [0.3, 0.4) is 0 Å². The van der Waals surface area contributed by atoms with E-state index >= 15 is 0 Å². The van der Waals surface area contributed by atoms with E-state index in [4.69, 9.17) is 5.55 Å². The van der Waals surface area contributed by atoms with Gasteiger partial charge in [-0.2, -0.15) is 8.42 Å². The van der Waals surface area contributed by atoms with Gasteiger partial charge >= 0.3 is 0 Å². The summed E-state index contributed by atoms with van der Waals surface area (Å²) in [7, 11) is -3.85. The summed E-state index contributed by atoms with van der Waals surface area (Å²) in [5, 5.41) is 0. The molecule has 3 nitrogen and oxygen atoms in total. The zero-order valence-electron chi connectivity index (χ0n) is 11.0. The van der Waals surface area contributed by atoms with Crippen molar-refractivity contribution < 1.29 is 14.0 Å². The van der Waals surface area contributed by atoms with Crippen molar-refractivity contribution >= 4 is 10.1 Å². The highest BCUT2D eigenvalue weighted by Gasteiger charge is 2.19. The van der Waals surface area contributed by atoms with Gasteiger partial charge in [0.15, 0.2) is 0 Å². The SMILES string of the molecule is [2H]C(OS(=O)(=O)c1ccc(C)cc1)C(C)(C)C. The Bertz CT molecular complexity index is 471. The minimum atomic E-state index is -3.85. The minimum Gasteiger partial charge on any atom is -0.266 e. The molecule has 0 aliphatic rings. The van der Waals surface area contributed by atoms with E-state index in [0.29, 0.717) is 0 Å². The zero-order valence-corrected chi connectivity index (χ0v) is 10.8. The second-order valence-electron chi connectivity index (χ2n) is 4.85. The van der Waals surface area contributed by atoms with Gasteiger partial charge in [0.1, 0.15) is 0 Å². The number of rotatable bonds is 3. The number of aryl methyl sites for hydroxylation is 1. The van der Waals surface area contributed by atoms with Gasteiger partial charge in [-0.1, -0.05) is 38.5 Å². The maximum atomic E-state index is 11.9. The van der Waals surface area contributed by atoms with Gasteiger partial charge in [-0.3, -0.25) is 4.18 Å². The molecule has 0 N–H and O–H groups in total. The molecule has 90 valence electrons. The van der Waals surface area contributed by atoms with Crippen LogP contribution < -0.4 is 0 Å². The quantitative estimate of drug-likeness (QED) is 0.767. The van der Waals surface area contributed by atoms with E-state index in [1.165, 1.54) is 12.1 Å². The van der Waals surface area contributed by atoms with E-state index in [1.807, 2.05) is 6.92 Å². The lowest BCUT2D eigenvalue weighted by atomic mass is 9.99. The van der Waals surface area contributed by atoms with Gasteiger partial charge in [-0.05, 0) is 24.5 Å². The predicted molar refractivity (Wildman–Crippen MR) is 63.8 cm³/mol. The van der Waals surface area contributed by atoms with Crippen LogP contribution in [-0.2, 0) is 14.3 Å². The van der Waals surface area contributed by atoms with Crippen LogP contribution in [0.1, 0.15) is 27.7 Å². The average molecular weight is 243 g/mol. The Labute approximate surface area is 99.0 Å². The summed E-state index contributed by atoms with van der Waals surface area (Å²) in [5.41, 5.74) is 0.430. The van der Waals surface area contributed by atoms with Gasteiger partial charge in [0.05, 0.1) is 12.8 Å². The van der Waals surface area contributed by atoms with E-state index in [0.717, 1.165) is 5.56 Å². The largest absolute Gasteiger partial charge is 0.296 e. The third-order valence-electron chi connectivity index (χ3n) is 1.84. The van der Waals surface area contributed by atoms with Crippen LogP contribution in [0.4, 0.5) is 0 Å². The van der Waals surface area contributed by atoms with Crippen molar-refractivity contribution in [3.63, 3.8) is 0 Å². The maximum absolute atomic E-state index is 11.9. The molecule has 1 atom stereocenters. The van der Waals surface area contributed by atoms with E-state index in [9.17, 15) is 8.42 Å². The summed E-state index contributed by atoms with van der Waals surface area (Å²) >= 11 is 0. The zero-order chi connectivity index (χ0) is 13.3. The molecule has 0 saturated heterocycles. The first-order chi connectivity index (χ1) is 7.63. The van der Waals surface area contributed by atoms with Crippen LogP contribution in [0.25, 0.3) is 0 Å². The molecule has 0 aromatic heterocycles. The van der Waals surface area contributed by atoms with Crippen LogP contribution in [-0.4, -0.2) is 15.0 Å². The number of benzene rings is 1. The molecule has 0 heterocycles. The Morgan fingerprint density at radius 3 is 2.19 bits per heavy atom. The van der Waals surface area contributed by atoms with Crippen molar-refractivity contribution in [3.8, 4) is 0 Å². The van der Waals surface area contributed by atoms with Crippen molar-refractivity contribution in [3.05, 3.63) is 29.8 Å². The van der Waals surface area contributed by atoms with Crippen LogP contribution in [0.2, 0.25) is 0 Å². The fraction of sp³-hybridized carbons (Fsp3) is 0.500. The molecule has 4 heteroatoms. The topological polar surface area (TPSA) is 43.4 Å². The summed E-state index contributed by atoms with van der Waals surface area (Å²) in [6.45, 7) is 6.04. The average Bonchev–Trinajstić information content (AvgIpc) is 2.16. The van der Waals surface area contributed by atoms with Gasteiger partial charge in [0.2, 0.25) is 0 Å². The minimum absolute atomic E-state index is 0.0876. The molecule has 0 amide bonds. The Kier molecular flexibility index (Phi) is 3.30. The Morgan fingerprint density at radius 2 is 1.75 bits per heavy atom. The van der Waals surface area contributed by atoms with Gasteiger partial charge in [-0.25, -0.2) is 0 Å². The maximum Gasteiger partial charge on any atom is 0.296 e. The molecular formula is C12H18O3S. The van der Waals surface area contributed by atoms with Crippen LogP contribution in [0, 0.1) is 12.3 Å². The molecule has 1 rings (SSSR count). The monoisotopic (exact) mass is 243 g/mol. The van der Waals surface area contributed by atoms with Crippen molar-refractivity contribution in [2.45, 2.75) is 32.6 Å². The van der Waals surface area contributed by atoms with Gasteiger partial charge in [0, 0.05) is 0 Å². The van der Waals surface area contributed by atoms with Crippen LogP contribution in [0.15, 0.2) is 29.2 Å². The first-order valence-corrected chi connectivity index (χ1v) is 6.46. The molecule has 0 spiro atoms. The van der Waals surface area contributed by atoms with E-state index in [1.54, 1.807) is 32.9 Å². The molecule has 1 aromatic rings. The van der Waals surface area contributed by atoms with Gasteiger partial charge < -0.3 is 0 Å². The molecule has 16 heavy (non-hydrogen) atoms. The van der Waals surface area contributed by atoms with Gasteiger partial charge in [-0.15, -0.1) is 0 Å². The molecule has 0 saturated carbocycles. The first kappa shape index (κ1) is 11.6. The standard InChI is InChI=1S/C12H18O3S/c1-10-5-7-11(8-6-10)16(13,14)15-9-12(2,3)4/h5-8H,9H2,1-4H3/i9D. The Morgan fingerprint density at radius 1 is 1.25 bits per heavy atom. The van der Waals surface area contributed by atoms with Crippen molar-refractivity contribution in [1.29, 1.82) is 0 Å². The number of hydrogen-bond donors (Lipinski definition) is 0. The Hall–Kier alpha value is -0.870. The lowest BCUT2D eigenvalue weighted by Crippen LogP contribution is -2.18. The van der Waals surface area contributed by atoms with Crippen molar-refractivity contribution in [1.82, 2.24) is 0 Å². The molecule has 1 aromatic carbocycles. The first-order valence-electron chi connectivity index (χ1n) is 5.63. The summed E-state index contributed by atoms with van der Waals surface area (Å²) < 4.78 is 36.3. The van der Waals surface area contributed by atoms with Crippen LogP contribution in [0.5, 0.6) is 0 Å². The summed E-state index contributed by atoms with van der Waals surface area (Å²) in [4.78, 5) is 0.0876. The molecule has 0 fully saturated rings. The van der Waals surface area contributed by atoms with Crippen LogP contribution >= 0.6 is 0 Å². The molecular weight excluding hydrogens is 224 g/mol. The third kappa shape index (κ3) is 3.94. The highest BCUT2D eigenvalue weighted by Crippen LogP contribution is 2.19. The smallest absolute Gasteiger partial charge is 0.266 e. The molecule has 0 aliphatic heterocycles. The molecule has 0 bridgehead atoms. The highest BCUT2D eigenvalue weighted by molar-refractivity contribution is 7.86. The van der Waals surface area contributed by atoms with E-state index in [-0.39, 0.29) is 4.90 Å². The molecule has 0 radical (unpaired) electrons. The second-order valence-corrected chi connectivity index (χ2v) is 6.42. The summed E-state index contributed by atoms with van der Waals surface area (Å²) in [5.74, 6) is 0. The summed E-state index contributed by atoms with van der Waals surface area (Å²) in [6, 6.07) is 6.37. The molecule has 1 unspecified atom stereocenters.